The van der Waals surface area contributed by atoms with E-state index in [-0.39, 0.29) is 6.61 Å². The molecule has 1 aliphatic rings. The van der Waals surface area contributed by atoms with Crippen LogP contribution >= 0.6 is 23.1 Å². The number of nitriles is 1. The van der Waals surface area contributed by atoms with Gasteiger partial charge in [0.2, 0.25) is 0 Å². The number of benzene rings is 1. The molecular weight excluding hydrogens is 390 g/mol. The molecule has 0 fully saturated rings. The number of aromatic nitrogens is 2. The third-order valence-corrected chi connectivity index (χ3v) is 7.01. The monoisotopic (exact) mass is 411 g/mol. The summed E-state index contributed by atoms with van der Waals surface area (Å²) in [6.07, 6.45) is 3.24. The molecule has 7 heteroatoms. The van der Waals surface area contributed by atoms with E-state index in [2.05, 4.69) is 16.0 Å². The Labute approximate surface area is 172 Å². The van der Waals surface area contributed by atoms with Gasteiger partial charge in [0.15, 0.2) is 0 Å². The van der Waals surface area contributed by atoms with Crippen molar-refractivity contribution in [1.82, 2.24) is 9.97 Å². The minimum Gasteiger partial charge on any atom is -0.491 e. The number of aliphatic hydroxyl groups is 1. The van der Waals surface area contributed by atoms with Crippen LogP contribution in [-0.2, 0) is 19.3 Å². The van der Waals surface area contributed by atoms with E-state index >= 15 is 0 Å². The molecule has 1 N–H and O–H groups in total. The minimum atomic E-state index is -0.596. The third kappa shape index (κ3) is 4.14. The molecule has 0 aliphatic heterocycles. The van der Waals surface area contributed by atoms with Gasteiger partial charge >= 0.3 is 0 Å². The Morgan fingerprint density at radius 2 is 2.11 bits per heavy atom. The lowest BCUT2D eigenvalue weighted by Crippen LogP contribution is -2.20. The number of thioether (sulfide) groups is 1. The van der Waals surface area contributed by atoms with Gasteiger partial charge in [-0.15, -0.1) is 23.1 Å². The van der Waals surface area contributed by atoms with E-state index in [1.165, 1.54) is 22.2 Å². The van der Waals surface area contributed by atoms with Crippen LogP contribution in [0.15, 0.2) is 29.3 Å². The summed E-state index contributed by atoms with van der Waals surface area (Å²) in [6, 6.07) is 9.53. The zero-order chi connectivity index (χ0) is 19.5. The second-order valence-corrected chi connectivity index (χ2v) is 8.96. The molecule has 3 aromatic rings. The third-order valence-electron chi connectivity index (χ3n) is 4.70. The number of aliphatic hydroxyl groups excluding tert-OH is 1. The topological polar surface area (TPSA) is 79.0 Å². The lowest BCUT2D eigenvalue weighted by molar-refractivity contribution is 0.126. The fraction of sp³-hybridized carbons (Fsp3) is 0.381. The molecule has 2 aromatic heterocycles. The van der Waals surface area contributed by atoms with Gasteiger partial charge in [-0.05, 0) is 49.4 Å². The number of hydrogen-bond acceptors (Lipinski definition) is 7. The lowest BCUT2D eigenvalue weighted by Gasteiger charge is -2.13. The molecule has 1 aromatic carbocycles. The van der Waals surface area contributed by atoms with Gasteiger partial charge < -0.3 is 9.84 Å². The zero-order valence-electron chi connectivity index (χ0n) is 15.6. The first-order valence-electron chi connectivity index (χ1n) is 9.32. The number of thiophene rings is 1. The van der Waals surface area contributed by atoms with Crippen LogP contribution < -0.4 is 4.74 Å². The van der Waals surface area contributed by atoms with Crippen molar-refractivity contribution in [2.45, 2.75) is 43.7 Å². The molecule has 1 atom stereocenters. The molecule has 0 saturated heterocycles. The highest BCUT2D eigenvalue weighted by molar-refractivity contribution is 7.99. The van der Waals surface area contributed by atoms with Crippen LogP contribution in [-0.4, -0.2) is 33.5 Å². The summed E-state index contributed by atoms with van der Waals surface area (Å²) in [6.45, 7) is 2.14. The summed E-state index contributed by atoms with van der Waals surface area (Å²) in [4.78, 5) is 11.8. The van der Waals surface area contributed by atoms with E-state index in [4.69, 9.17) is 10.00 Å². The molecule has 0 spiro atoms. The fourth-order valence-electron chi connectivity index (χ4n) is 3.38. The molecule has 1 aliphatic carbocycles. The van der Waals surface area contributed by atoms with Crippen LogP contribution in [0.5, 0.6) is 5.75 Å². The summed E-state index contributed by atoms with van der Waals surface area (Å²) in [7, 11) is 0. The number of rotatable bonds is 7. The molecule has 0 bridgehead atoms. The van der Waals surface area contributed by atoms with Crippen LogP contribution in [0.1, 0.15) is 28.2 Å². The first-order valence-corrected chi connectivity index (χ1v) is 11.1. The van der Waals surface area contributed by atoms with E-state index in [0.717, 1.165) is 34.1 Å². The van der Waals surface area contributed by atoms with Crippen molar-refractivity contribution in [3.8, 4) is 11.8 Å². The first-order chi connectivity index (χ1) is 13.6. The average molecular weight is 412 g/mol. The van der Waals surface area contributed by atoms with Gasteiger partial charge in [0.05, 0.1) is 18.6 Å². The minimum absolute atomic E-state index is 0.222. The normalized spacial score (nSPS) is 14.0. The Hall–Kier alpha value is -2.14. The standard InChI is InChI=1S/C21H21N3O2S2/c1-13-23-20(19-17-3-2-4-18(17)28-21(19)24-13)27-12-15(25)11-26-16-7-5-14(6-8-16)9-10-22/h5-8,15,25H,2-4,9,11-12H2,1H3/t15-/m0/s1. The maximum Gasteiger partial charge on any atom is 0.128 e. The van der Waals surface area contributed by atoms with Crippen molar-refractivity contribution in [3.05, 3.63) is 46.1 Å². The maximum absolute atomic E-state index is 10.4. The predicted octanol–water partition coefficient (Wildman–Crippen LogP) is 4.09. The molecule has 0 radical (unpaired) electrons. The molecule has 2 heterocycles. The Kier molecular flexibility index (Phi) is 5.81. The van der Waals surface area contributed by atoms with Crippen LogP contribution in [0, 0.1) is 18.3 Å². The highest BCUT2D eigenvalue weighted by atomic mass is 32.2. The molecule has 5 nitrogen and oxygen atoms in total. The molecule has 144 valence electrons. The number of fused-ring (bicyclic) bond motifs is 3. The molecule has 0 unspecified atom stereocenters. The first kappa shape index (κ1) is 19.2. The summed E-state index contributed by atoms with van der Waals surface area (Å²) in [5.41, 5.74) is 2.36. The highest BCUT2D eigenvalue weighted by Gasteiger charge is 2.22. The van der Waals surface area contributed by atoms with E-state index in [1.54, 1.807) is 23.1 Å². The summed E-state index contributed by atoms with van der Waals surface area (Å²) < 4.78 is 5.68. The highest BCUT2D eigenvalue weighted by Crippen LogP contribution is 2.40. The van der Waals surface area contributed by atoms with Gasteiger partial charge in [0.25, 0.3) is 0 Å². The van der Waals surface area contributed by atoms with Gasteiger partial charge in [-0.25, -0.2) is 9.97 Å². The lowest BCUT2D eigenvalue weighted by atomic mass is 10.2. The van der Waals surface area contributed by atoms with Gasteiger partial charge in [0.1, 0.15) is 28.0 Å². The van der Waals surface area contributed by atoms with E-state index in [9.17, 15) is 5.11 Å². The molecule has 28 heavy (non-hydrogen) atoms. The molecule has 0 saturated carbocycles. The second kappa shape index (κ2) is 8.48. The van der Waals surface area contributed by atoms with Crippen LogP contribution in [0.25, 0.3) is 10.2 Å². The number of aryl methyl sites for hydroxylation is 3. The van der Waals surface area contributed by atoms with Gasteiger partial charge in [-0.3, -0.25) is 0 Å². The van der Waals surface area contributed by atoms with Crippen molar-refractivity contribution in [3.63, 3.8) is 0 Å². The maximum atomic E-state index is 10.4. The largest absolute Gasteiger partial charge is 0.491 e. The average Bonchev–Trinajstić information content (AvgIpc) is 3.26. The van der Waals surface area contributed by atoms with E-state index in [0.29, 0.717) is 17.9 Å². The van der Waals surface area contributed by atoms with E-state index in [1.807, 2.05) is 31.2 Å². The van der Waals surface area contributed by atoms with Crippen molar-refractivity contribution in [2.75, 3.05) is 12.4 Å². The van der Waals surface area contributed by atoms with Crippen LogP contribution in [0.4, 0.5) is 0 Å². The van der Waals surface area contributed by atoms with Crippen molar-refractivity contribution < 1.29 is 9.84 Å². The Bertz CT molecular complexity index is 1020. The second-order valence-electron chi connectivity index (χ2n) is 6.87. The van der Waals surface area contributed by atoms with E-state index < -0.39 is 6.10 Å². The molecule has 4 rings (SSSR count). The number of nitrogens with zero attached hydrogens (tertiary/aromatic N) is 3. The predicted molar refractivity (Wildman–Crippen MR) is 112 cm³/mol. The quantitative estimate of drug-likeness (QED) is 0.466. The Balaban J connectivity index is 1.38. The molecular formula is C21H21N3O2S2. The Morgan fingerprint density at radius 3 is 2.89 bits per heavy atom. The van der Waals surface area contributed by atoms with Crippen molar-refractivity contribution >= 4 is 33.3 Å². The summed E-state index contributed by atoms with van der Waals surface area (Å²) in [5.74, 6) is 1.99. The smallest absolute Gasteiger partial charge is 0.128 e. The summed E-state index contributed by atoms with van der Waals surface area (Å²) >= 11 is 3.37. The number of ether oxygens (including phenoxy) is 1. The fourth-order valence-corrected chi connectivity index (χ4v) is 5.76. The molecule has 0 amide bonds. The van der Waals surface area contributed by atoms with Gasteiger partial charge in [0, 0.05) is 16.0 Å². The van der Waals surface area contributed by atoms with Gasteiger partial charge in [-0.2, -0.15) is 5.26 Å². The number of hydrogen-bond donors (Lipinski definition) is 1. The van der Waals surface area contributed by atoms with Crippen LogP contribution in [0.2, 0.25) is 0 Å². The zero-order valence-corrected chi connectivity index (χ0v) is 17.3. The van der Waals surface area contributed by atoms with Gasteiger partial charge in [-0.1, -0.05) is 12.1 Å². The Morgan fingerprint density at radius 1 is 1.29 bits per heavy atom. The van der Waals surface area contributed by atoms with Crippen molar-refractivity contribution in [2.24, 2.45) is 0 Å². The van der Waals surface area contributed by atoms with Crippen LogP contribution in [0.3, 0.4) is 0 Å². The SMILES string of the molecule is Cc1nc(SC[C@@H](O)COc2ccc(CC#N)cc2)c2c3c(sc2n1)CCC3. The van der Waals surface area contributed by atoms with Crippen molar-refractivity contribution in [1.29, 1.82) is 5.26 Å². The summed E-state index contributed by atoms with van der Waals surface area (Å²) in [5, 5.41) is 21.2.